The molecule has 0 heterocycles. The van der Waals surface area contributed by atoms with Crippen molar-refractivity contribution in [3.8, 4) is 0 Å². The van der Waals surface area contributed by atoms with Crippen LogP contribution in [-0.4, -0.2) is 110 Å². The Kier molecular flexibility index (Phi) is 35.1. The summed E-state index contributed by atoms with van der Waals surface area (Å²) in [4.78, 5) is 35.7. The highest BCUT2D eigenvalue weighted by molar-refractivity contribution is 7.47. The predicted octanol–water partition coefficient (Wildman–Crippen LogP) is 7.92. The van der Waals surface area contributed by atoms with Crippen LogP contribution in [0.5, 0.6) is 0 Å². The molecule has 15 heteroatoms. The van der Waals surface area contributed by atoms with E-state index < -0.39 is 75.7 Å². The summed E-state index contributed by atoms with van der Waals surface area (Å²) in [6.07, 6.45) is 30.0. The standard InChI is InChI=1S/C47H81O14P/c1-2-3-4-5-6-7-8-9-13-16-19-22-25-28-31-34-40(49)58-37-39(38-59-62(56,57)61-47-45(54)43(52)42(51)44(53)46(47)55)60-41(50)35-32-29-26-23-20-17-14-11-10-12-15-18-21-24-27-30-33-36-48/h9-10,12-14,17-18,21,23,26,39,42-48,51-55H,2-8,11,15-16,19-20,22,24-25,27-38H2,1H3,(H,56,57). The van der Waals surface area contributed by atoms with Crippen molar-refractivity contribution in [3.63, 3.8) is 0 Å². The van der Waals surface area contributed by atoms with Crippen molar-refractivity contribution in [2.24, 2.45) is 0 Å². The first-order chi connectivity index (χ1) is 29.9. The van der Waals surface area contributed by atoms with Gasteiger partial charge in [0.2, 0.25) is 0 Å². The molecule has 0 aliphatic heterocycles. The molecule has 0 bridgehead atoms. The number of carbonyl (C=O) groups excluding carboxylic acids is 2. The summed E-state index contributed by atoms with van der Waals surface area (Å²) in [6, 6.07) is 0. The number of rotatable bonds is 38. The van der Waals surface area contributed by atoms with Gasteiger partial charge in [-0.25, -0.2) is 4.57 Å². The average molecular weight is 901 g/mol. The normalized spacial score (nSPS) is 22.4. The molecule has 14 nitrogen and oxygen atoms in total. The zero-order chi connectivity index (χ0) is 45.7. The Hall–Kier alpha value is -2.49. The molecule has 1 saturated carbocycles. The molecule has 0 spiro atoms. The SMILES string of the molecule is CCCCCCCCC=CCCCCCCCC(=O)OCC(COP(=O)(O)OC1C(O)C(O)C(O)C(O)C1O)OC(=O)CCCC=CCC=CCC=CCC=CCCCCCO. The maximum absolute atomic E-state index is 12.8. The number of phosphoric acid groups is 1. The maximum atomic E-state index is 12.8. The maximum Gasteiger partial charge on any atom is 0.472 e. The fourth-order valence-electron chi connectivity index (χ4n) is 6.61. The highest BCUT2D eigenvalue weighted by Crippen LogP contribution is 2.47. The van der Waals surface area contributed by atoms with Gasteiger partial charge in [0.25, 0.3) is 0 Å². The van der Waals surface area contributed by atoms with E-state index in [2.05, 4.69) is 55.5 Å². The van der Waals surface area contributed by atoms with Gasteiger partial charge in [-0.15, -0.1) is 0 Å². The number of ether oxygens (including phenoxy) is 2. The van der Waals surface area contributed by atoms with Gasteiger partial charge in [0, 0.05) is 19.4 Å². The lowest BCUT2D eigenvalue weighted by molar-refractivity contribution is -0.220. The Labute approximate surface area is 371 Å². The van der Waals surface area contributed by atoms with E-state index in [0.29, 0.717) is 19.3 Å². The van der Waals surface area contributed by atoms with E-state index in [0.717, 1.165) is 83.5 Å². The molecule has 1 aliphatic rings. The van der Waals surface area contributed by atoms with Crippen LogP contribution in [0.4, 0.5) is 0 Å². The number of hydrogen-bond donors (Lipinski definition) is 7. The van der Waals surface area contributed by atoms with Crippen molar-refractivity contribution >= 4 is 19.8 Å². The second-order valence-electron chi connectivity index (χ2n) is 16.0. The lowest BCUT2D eigenvalue weighted by Crippen LogP contribution is -2.64. The minimum atomic E-state index is -5.14. The van der Waals surface area contributed by atoms with E-state index in [-0.39, 0.29) is 19.4 Å². The van der Waals surface area contributed by atoms with Crippen LogP contribution in [0.1, 0.15) is 161 Å². The average Bonchev–Trinajstić information content (AvgIpc) is 3.25. The minimum Gasteiger partial charge on any atom is -0.462 e. The highest BCUT2D eigenvalue weighted by Gasteiger charge is 2.51. The monoisotopic (exact) mass is 901 g/mol. The molecule has 7 N–H and O–H groups in total. The molecule has 0 amide bonds. The summed E-state index contributed by atoms with van der Waals surface area (Å²) in [5.41, 5.74) is 0. The first kappa shape index (κ1) is 57.5. The van der Waals surface area contributed by atoms with Crippen LogP contribution in [0.3, 0.4) is 0 Å². The second-order valence-corrected chi connectivity index (χ2v) is 17.4. The van der Waals surface area contributed by atoms with Crippen LogP contribution in [0.25, 0.3) is 0 Å². The smallest absolute Gasteiger partial charge is 0.462 e. The van der Waals surface area contributed by atoms with Crippen molar-refractivity contribution in [3.05, 3.63) is 60.8 Å². The summed E-state index contributed by atoms with van der Waals surface area (Å²) in [6.45, 7) is 1.24. The predicted molar refractivity (Wildman–Crippen MR) is 241 cm³/mol. The van der Waals surface area contributed by atoms with Crippen molar-refractivity contribution in [2.75, 3.05) is 19.8 Å². The van der Waals surface area contributed by atoms with Crippen molar-refractivity contribution in [1.82, 2.24) is 0 Å². The van der Waals surface area contributed by atoms with Crippen LogP contribution in [-0.2, 0) is 32.7 Å². The van der Waals surface area contributed by atoms with Crippen LogP contribution in [0, 0.1) is 0 Å². The molecule has 0 aromatic rings. The molecule has 0 aromatic heterocycles. The van der Waals surface area contributed by atoms with Crippen molar-refractivity contribution < 1.29 is 68.2 Å². The molecule has 0 aromatic carbocycles. The summed E-state index contributed by atoms with van der Waals surface area (Å²) in [5, 5.41) is 58.9. The fourth-order valence-corrected chi connectivity index (χ4v) is 7.58. The van der Waals surface area contributed by atoms with Crippen LogP contribution >= 0.6 is 7.82 Å². The van der Waals surface area contributed by atoms with Crippen LogP contribution in [0.2, 0.25) is 0 Å². The zero-order valence-corrected chi connectivity index (χ0v) is 38.2. The quantitative estimate of drug-likeness (QED) is 0.0135. The van der Waals surface area contributed by atoms with Gasteiger partial charge in [0.05, 0.1) is 6.61 Å². The molecule has 1 fully saturated rings. The number of hydrogen-bond acceptors (Lipinski definition) is 13. The topological polar surface area (TPSA) is 230 Å². The van der Waals surface area contributed by atoms with E-state index in [1.54, 1.807) is 0 Å². The summed E-state index contributed by atoms with van der Waals surface area (Å²) >= 11 is 0. The van der Waals surface area contributed by atoms with E-state index in [1.165, 1.54) is 38.5 Å². The fraction of sp³-hybridized carbons (Fsp3) is 0.745. The van der Waals surface area contributed by atoms with E-state index in [9.17, 15) is 44.6 Å². The highest BCUT2D eigenvalue weighted by atomic mass is 31.2. The number of aliphatic hydroxyl groups excluding tert-OH is 6. The third kappa shape index (κ3) is 29.8. The van der Waals surface area contributed by atoms with Gasteiger partial charge in [0.1, 0.15) is 43.2 Å². The largest absolute Gasteiger partial charge is 0.472 e. The van der Waals surface area contributed by atoms with Crippen molar-refractivity contribution in [1.29, 1.82) is 0 Å². The number of unbranched alkanes of at least 4 members (excludes halogenated alkanes) is 15. The molecule has 358 valence electrons. The Bertz CT molecular complexity index is 1320. The zero-order valence-electron chi connectivity index (χ0n) is 37.3. The molecule has 0 radical (unpaired) electrons. The van der Waals surface area contributed by atoms with Gasteiger partial charge in [-0.3, -0.25) is 18.6 Å². The molecular formula is C47H81O14P. The van der Waals surface area contributed by atoms with E-state index in [1.807, 2.05) is 12.2 Å². The Balaban J connectivity index is 2.51. The van der Waals surface area contributed by atoms with E-state index >= 15 is 0 Å². The summed E-state index contributed by atoms with van der Waals surface area (Å²) in [5.74, 6) is -1.19. The van der Waals surface area contributed by atoms with Gasteiger partial charge in [-0.1, -0.05) is 125 Å². The lowest BCUT2D eigenvalue weighted by Gasteiger charge is -2.41. The van der Waals surface area contributed by atoms with Gasteiger partial charge in [0.15, 0.2) is 6.10 Å². The molecule has 6 atom stereocenters. The Morgan fingerprint density at radius 2 is 0.952 bits per heavy atom. The number of aliphatic hydroxyl groups is 6. The van der Waals surface area contributed by atoms with Crippen molar-refractivity contribution in [2.45, 2.75) is 204 Å². The molecule has 62 heavy (non-hydrogen) atoms. The molecule has 6 unspecified atom stereocenters. The number of esters is 2. The Morgan fingerprint density at radius 1 is 0.532 bits per heavy atom. The Morgan fingerprint density at radius 3 is 1.48 bits per heavy atom. The van der Waals surface area contributed by atoms with Gasteiger partial charge < -0.3 is 45.0 Å². The summed E-state index contributed by atoms with van der Waals surface area (Å²) in [7, 11) is -5.14. The second kappa shape index (κ2) is 37.8. The van der Waals surface area contributed by atoms with Gasteiger partial charge >= 0.3 is 19.8 Å². The molecule has 1 rings (SSSR count). The first-order valence-electron chi connectivity index (χ1n) is 23.2. The molecule has 1 aliphatic carbocycles. The number of phosphoric ester groups is 1. The third-order valence-corrected chi connectivity index (χ3v) is 11.4. The van der Waals surface area contributed by atoms with Gasteiger partial charge in [-0.05, 0) is 83.5 Å². The first-order valence-corrected chi connectivity index (χ1v) is 24.7. The molecular weight excluding hydrogens is 819 g/mol. The summed E-state index contributed by atoms with van der Waals surface area (Å²) < 4.78 is 33.4. The minimum absolute atomic E-state index is 0.00723. The van der Waals surface area contributed by atoms with Crippen LogP contribution in [0.15, 0.2) is 60.8 Å². The van der Waals surface area contributed by atoms with E-state index in [4.69, 9.17) is 23.6 Å². The molecule has 0 saturated heterocycles. The van der Waals surface area contributed by atoms with Gasteiger partial charge in [-0.2, -0.15) is 0 Å². The van der Waals surface area contributed by atoms with Crippen LogP contribution < -0.4 is 0 Å². The number of carbonyl (C=O) groups is 2. The third-order valence-electron chi connectivity index (χ3n) is 10.4. The lowest BCUT2D eigenvalue weighted by atomic mass is 9.85. The number of allylic oxidation sites excluding steroid dienone is 10.